The maximum absolute atomic E-state index is 12.8. The van der Waals surface area contributed by atoms with Gasteiger partial charge in [-0.15, -0.1) is 0 Å². The van der Waals surface area contributed by atoms with Crippen LogP contribution in [0.25, 0.3) is 6.08 Å². The van der Waals surface area contributed by atoms with Crippen molar-refractivity contribution in [3.8, 4) is 0 Å². The van der Waals surface area contributed by atoms with Crippen LogP contribution in [0.1, 0.15) is 11.1 Å². The minimum atomic E-state index is -3.67. The SMILES string of the molecule is O=C(CN1C(=O)C(=O)N(Cc2ccccc2)C1=O)N1CCN(S(=O)(=O)/C=C/c2ccccc2)CC1. The van der Waals surface area contributed by atoms with Crippen molar-refractivity contribution >= 4 is 39.9 Å². The van der Waals surface area contributed by atoms with E-state index in [4.69, 9.17) is 0 Å². The molecule has 0 aromatic heterocycles. The second-order valence-corrected chi connectivity index (χ2v) is 9.91. The van der Waals surface area contributed by atoms with Crippen molar-refractivity contribution in [1.29, 1.82) is 0 Å². The summed E-state index contributed by atoms with van der Waals surface area (Å²) < 4.78 is 26.5. The van der Waals surface area contributed by atoms with Gasteiger partial charge in [-0.2, -0.15) is 4.31 Å². The minimum Gasteiger partial charge on any atom is -0.338 e. The predicted octanol–water partition coefficient (Wildman–Crippen LogP) is 1.12. The number of hydrogen-bond acceptors (Lipinski definition) is 6. The van der Waals surface area contributed by atoms with Gasteiger partial charge in [-0.3, -0.25) is 19.3 Å². The fourth-order valence-electron chi connectivity index (χ4n) is 3.84. The number of carbonyl (C=O) groups is 4. The highest BCUT2D eigenvalue weighted by Crippen LogP contribution is 2.17. The average Bonchev–Trinajstić information content (AvgIpc) is 3.07. The number of sulfonamides is 1. The van der Waals surface area contributed by atoms with Gasteiger partial charge in [0.25, 0.3) is 0 Å². The van der Waals surface area contributed by atoms with E-state index in [1.165, 1.54) is 15.3 Å². The average molecular weight is 497 g/mol. The summed E-state index contributed by atoms with van der Waals surface area (Å²) in [6.45, 7) is -0.274. The van der Waals surface area contributed by atoms with E-state index in [0.717, 1.165) is 15.9 Å². The molecule has 2 saturated heterocycles. The minimum absolute atomic E-state index is 0.0675. The van der Waals surface area contributed by atoms with Crippen LogP contribution < -0.4 is 0 Å². The van der Waals surface area contributed by atoms with Gasteiger partial charge in [0, 0.05) is 31.6 Å². The van der Waals surface area contributed by atoms with Crippen LogP contribution in [0.15, 0.2) is 66.1 Å². The standard InChI is InChI=1S/C24H24N4O6S/c29-21(18-28-23(31)22(30)27(24(28)32)17-20-9-5-2-6-10-20)25-12-14-26(15-13-25)35(33,34)16-11-19-7-3-1-4-8-19/h1-11,16H,12-15,17-18H2/b16-11+. The third kappa shape index (κ3) is 5.47. The first kappa shape index (κ1) is 24.3. The number of benzene rings is 2. The van der Waals surface area contributed by atoms with E-state index in [1.54, 1.807) is 54.6 Å². The van der Waals surface area contributed by atoms with E-state index in [-0.39, 0.29) is 32.7 Å². The zero-order valence-electron chi connectivity index (χ0n) is 18.8. The molecule has 2 aliphatic heterocycles. The molecule has 0 atom stereocenters. The second-order valence-electron chi connectivity index (χ2n) is 8.09. The highest BCUT2D eigenvalue weighted by molar-refractivity contribution is 7.92. The van der Waals surface area contributed by atoms with Gasteiger partial charge < -0.3 is 4.90 Å². The zero-order chi connectivity index (χ0) is 25.0. The summed E-state index contributed by atoms with van der Waals surface area (Å²) in [5, 5.41) is 1.13. The molecule has 2 aliphatic rings. The van der Waals surface area contributed by atoms with Crippen LogP contribution in [0.4, 0.5) is 4.79 Å². The number of carbonyl (C=O) groups excluding carboxylic acids is 4. The van der Waals surface area contributed by atoms with E-state index in [9.17, 15) is 27.6 Å². The third-order valence-corrected chi connectivity index (χ3v) is 7.36. The molecular formula is C24H24N4O6S. The Morgan fingerprint density at radius 2 is 1.37 bits per heavy atom. The molecule has 2 aromatic rings. The summed E-state index contributed by atoms with van der Waals surface area (Å²) in [6, 6.07) is 16.9. The smallest absolute Gasteiger partial charge is 0.335 e. The van der Waals surface area contributed by atoms with Gasteiger partial charge >= 0.3 is 17.8 Å². The molecule has 0 radical (unpaired) electrons. The summed E-state index contributed by atoms with van der Waals surface area (Å²) in [5.74, 6) is -2.56. The molecule has 35 heavy (non-hydrogen) atoms. The van der Waals surface area contributed by atoms with Crippen molar-refractivity contribution in [3.05, 3.63) is 77.2 Å². The van der Waals surface area contributed by atoms with Gasteiger partial charge in [-0.25, -0.2) is 18.1 Å². The lowest BCUT2D eigenvalue weighted by Crippen LogP contribution is -2.52. The molecule has 0 spiro atoms. The monoisotopic (exact) mass is 496 g/mol. The van der Waals surface area contributed by atoms with E-state index in [1.807, 2.05) is 6.07 Å². The lowest BCUT2D eigenvalue weighted by Gasteiger charge is -2.33. The molecule has 2 aromatic carbocycles. The van der Waals surface area contributed by atoms with Crippen LogP contribution >= 0.6 is 0 Å². The Morgan fingerprint density at radius 1 is 0.800 bits per heavy atom. The Balaban J connectivity index is 1.33. The molecule has 2 fully saturated rings. The van der Waals surface area contributed by atoms with Crippen molar-refractivity contribution in [2.45, 2.75) is 6.54 Å². The second kappa shape index (κ2) is 10.2. The first-order valence-electron chi connectivity index (χ1n) is 11.0. The summed E-state index contributed by atoms with van der Waals surface area (Å²) in [4.78, 5) is 52.9. The molecule has 11 heteroatoms. The highest BCUT2D eigenvalue weighted by Gasteiger charge is 2.45. The van der Waals surface area contributed by atoms with Crippen molar-refractivity contribution in [2.75, 3.05) is 32.7 Å². The Bertz CT molecular complexity index is 1260. The van der Waals surface area contributed by atoms with Crippen LogP contribution in [0.2, 0.25) is 0 Å². The van der Waals surface area contributed by atoms with Gasteiger partial charge in [-0.1, -0.05) is 60.7 Å². The van der Waals surface area contributed by atoms with Crippen LogP contribution in [0.3, 0.4) is 0 Å². The molecule has 5 amide bonds. The van der Waals surface area contributed by atoms with Gasteiger partial charge in [0.05, 0.1) is 6.54 Å². The summed E-state index contributed by atoms with van der Waals surface area (Å²) in [6.07, 6.45) is 1.51. The van der Waals surface area contributed by atoms with Crippen molar-refractivity contribution < 1.29 is 27.6 Å². The Hall–Kier alpha value is -3.83. The van der Waals surface area contributed by atoms with Gasteiger partial charge in [-0.05, 0) is 17.2 Å². The number of rotatable bonds is 7. The normalized spacial score (nSPS) is 17.6. The lowest BCUT2D eigenvalue weighted by atomic mass is 10.2. The van der Waals surface area contributed by atoms with E-state index < -0.39 is 40.3 Å². The number of hydrogen-bond donors (Lipinski definition) is 0. The van der Waals surface area contributed by atoms with Crippen molar-refractivity contribution in [1.82, 2.24) is 19.0 Å². The van der Waals surface area contributed by atoms with E-state index >= 15 is 0 Å². The largest absolute Gasteiger partial charge is 0.338 e. The van der Waals surface area contributed by atoms with Gasteiger partial charge in [0.2, 0.25) is 15.9 Å². The lowest BCUT2D eigenvalue weighted by molar-refractivity contribution is -0.145. The van der Waals surface area contributed by atoms with Crippen LogP contribution in [-0.4, -0.2) is 83.9 Å². The molecule has 10 nitrogen and oxygen atoms in total. The van der Waals surface area contributed by atoms with Crippen molar-refractivity contribution in [2.24, 2.45) is 0 Å². The summed E-state index contributed by atoms with van der Waals surface area (Å²) in [5.41, 5.74) is 1.43. The van der Waals surface area contributed by atoms with Crippen LogP contribution in [0, 0.1) is 0 Å². The molecule has 0 bridgehead atoms. The third-order valence-electron chi connectivity index (χ3n) is 5.80. The maximum Gasteiger partial charge on any atom is 0.335 e. The summed E-state index contributed by atoms with van der Waals surface area (Å²) in [7, 11) is -3.67. The van der Waals surface area contributed by atoms with Crippen LogP contribution in [0.5, 0.6) is 0 Å². The fraction of sp³-hybridized carbons (Fsp3) is 0.250. The highest BCUT2D eigenvalue weighted by atomic mass is 32.2. The Kier molecular flexibility index (Phi) is 7.08. The number of imide groups is 2. The molecule has 0 N–H and O–H groups in total. The molecule has 0 saturated carbocycles. The molecular weight excluding hydrogens is 472 g/mol. The molecule has 0 unspecified atom stereocenters. The fourth-order valence-corrected chi connectivity index (χ4v) is 5.01. The zero-order valence-corrected chi connectivity index (χ0v) is 19.6. The van der Waals surface area contributed by atoms with Crippen molar-refractivity contribution in [3.63, 3.8) is 0 Å². The van der Waals surface area contributed by atoms with Gasteiger partial charge in [0.15, 0.2) is 0 Å². The maximum atomic E-state index is 12.8. The number of nitrogens with zero attached hydrogens (tertiary/aromatic N) is 4. The number of urea groups is 1. The Labute approximate surface area is 203 Å². The van der Waals surface area contributed by atoms with E-state index in [0.29, 0.717) is 10.5 Å². The summed E-state index contributed by atoms with van der Waals surface area (Å²) >= 11 is 0. The molecule has 182 valence electrons. The number of piperazine rings is 1. The predicted molar refractivity (Wildman–Crippen MR) is 127 cm³/mol. The topological polar surface area (TPSA) is 115 Å². The first-order chi connectivity index (χ1) is 16.8. The van der Waals surface area contributed by atoms with E-state index in [2.05, 4.69) is 0 Å². The molecule has 4 rings (SSSR count). The quantitative estimate of drug-likeness (QED) is 0.419. The van der Waals surface area contributed by atoms with Gasteiger partial charge in [0.1, 0.15) is 6.54 Å². The number of amides is 5. The molecule has 2 heterocycles. The van der Waals surface area contributed by atoms with Crippen LogP contribution in [-0.2, 0) is 31.0 Å². The Morgan fingerprint density at radius 3 is 2.00 bits per heavy atom. The molecule has 0 aliphatic carbocycles. The first-order valence-corrected chi connectivity index (χ1v) is 12.5.